The van der Waals surface area contributed by atoms with E-state index in [1.165, 1.54) is 16.8 Å². The lowest BCUT2D eigenvalue weighted by atomic mass is 10.1. The number of hydrogen-bond donors (Lipinski definition) is 3. The average molecular weight is 357 g/mol. The lowest BCUT2D eigenvalue weighted by Crippen LogP contribution is -2.38. The van der Waals surface area contributed by atoms with Crippen molar-refractivity contribution in [1.29, 1.82) is 5.26 Å². The Morgan fingerprint density at radius 1 is 1.42 bits per heavy atom. The Morgan fingerprint density at radius 2 is 2.12 bits per heavy atom. The number of aromatic nitrogens is 2. The van der Waals surface area contributed by atoms with Crippen LogP contribution in [-0.4, -0.2) is 28.3 Å². The molecule has 2 rings (SSSR count). The number of guanidine groups is 1. The van der Waals surface area contributed by atoms with Gasteiger partial charge >= 0.3 is 0 Å². The fourth-order valence-corrected chi connectivity index (χ4v) is 2.40. The van der Waals surface area contributed by atoms with Crippen molar-refractivity contribution in [1.82, 2.24) is 15.1 Å². The first-order valence-electron chi connectivity index (χ1n) is 8.56. The van der Waals surface area contributed by atoms with Crippen LogP contribution in [0.25, 0.3) is 5.69 Å². The zero-order valence-electron chi connectivity index (χ0n) is 15.0. The summed E-state index contributed by atoms with van der Waals surface area (Å²) in [6.07, 6.45) is 2.18. The molecule has 1 unspecified atom stereocenters. The first-order valence-corrected chi connectivity index (χ1v) is 8.56. The van der Waals surface area contributed by atoms with Crippen molar-refractivity contribution in [3.8, 4) is 11.8 Å². The second kappa shape index (κ2) is 8.85. The number of benzene rings is 1. The van der Waals surface area contributed by atoms with E-state index >= 15 is 0 Å². The highest BCUT2D eigenvalue weighted by atomic mass is 19.1. The van der Waals surface area contributed by atoms with E-state index in [1.807, 2.05) is 6.92 Å². The summed E-state index contributed by atoms with van der Waals surface area (Å²) in [6.45, 7) is 4.62. The van der Waals surface area contributed by atoms with E-state index < -0.39 is 0 Å². The third-order valence-electron chi connectivity index (χ3n) is 4.04. The molecule has 0 spiro atoms. The average Bonchev–Trinajstić information content (AvgIpc) is 2.94. The molecule has 1 heterocycles. The van der Waals surface area contributed by atoms with Gasteiger partial charge in [-0.05, 0) is 50.5 Å². The van der Waals surface area contributed by atoms with E-state index in [0.29, 0.717) is 42.3 Å². The minimum absolute atomic E-state index is 0.246. The van der Waals surface area contributed by atoms with Gasteiger partial charge in [-0.15, -0.1) is 0 Å². The predicted octanol–water partition coefficient (Wildman–Crippen LogP) is 2.10. The van der Waals surface area contributed by atoms with Gasteiger partial charge in [0.2, 0.25) is 0 Å². The zero-order chi connectivity index (χ0) is 19.1. The van der Waals surface area contributed by atoms with Gasteiger partial charge in [0.05, 0.1) is 11.4 Å². The largest absolute Gasteiger partial charge is 0.382 e. The molecular formula is C18H24FN7. The van der Waals surface area contributed by atoms with Gasteiger partial charge in [0.15, 0.2) is 5.96 Å². The minimum Gasteiger partial charge on any atom is -0.382 e. The second-order valence-corrected chi connectivity index (χ2v) is 6.03. The molecule has 138 valence electrons. The van der Waals surface area contributed by atoms with Gasteiger partial charge < -0.3 is 16.8 Å². The Bertz CT molecular complexity index is 802. The molecule has 0 aliphatic heterocycles. The topological polar surface area (TPSA) is 118 Å². The van der Waals surface area contributed by atoms with Crippen LogP contribution in [-0.2, 0) is 6.42 Å². The smallest absolute Gasteiger partial charge is 0.188 e. The molecule has 5 N–H and O–H groups in total. The van der Waals surface area contributed by atoms with Crippen molar-refractivity contribution in [2.45, 2.75) is 39.2 Å². The van der Waals surface area contributed by atoms with Crippen LogP contribution in [0, 0.1) is 17.1 Å². The Kier molecular flexibility index (Phi) is 6.55. The number of nitrogen functional groups attached to an aromatic ring is 1. The Morgan fingerprint density at radius 3 is 2.73 bits per heavy atom. The number of aliphatic imine (C=N–C) groups is 1. The highest BCUT2D eigenvalue weighted by molar-refractivity contribution is 5.78. The number of rotatable bonds is 7. The highest BCUT2D eigenvalue weighted by Crippen LogP contribution is 2.21. The molecular weight excluding hydrogens is 333 g/mol. The summed E-state index contributed by atoms with van der Waals surface area (Å²) >= 11 is 0. The van der Waals surface area contributed by atoms with Crippen LogP contribution in [0.1, 0.15) is 37.9 Å². The van der Waals surface area contributed by atoms with Gasteiger partial charge in [-0.2, -0.15) is 10.4 Å². The molecule has 26 heavy (non-hydrogen) atoms. The molecule has 8 heteroatoms. The summed E-state index contributed by atoms with van der Waals surface area (Å²) in [5, 5.41) is 16.9. The molecule has 1 aromatic heterocycles. The van der Waals surface area contributed by atoms with Crippen molar-refractivity contribution in [2.75, 3.05) is 12.3 Å². The third-order valence-corrected chi connectivity index (χ3v) is 4.04. The highest BCUT2D eigenvalue weighted by Gasteiger charge is 2.16. The van der Waals surface area contributed by atoms with Crippen LogP contribution in [0.3, 0.4) is 0 Å². The van der Waals surface area contributed by atoms with Crippen LogP contribution in [0.5, 0.6) is 0 Å². The van der Waals surface area contributed by atoms with Gasteiger partial charge in [-0.1, -0.05) is 6.92 Å². The SMILES string of the molecule is CCC(C)NC(N)=NCCCc1nn(-c2ccc(F)cc2)c(N)c1C#N. The van der Waals surface area contributed by atoms with Crippen molar-refractivity contribution in [2.24, 2.45) is 10.7 Å². The maximum absolute atomic E-state index is 13.1. The van der Waals surface area contributed by atoms with E-state index in [0.717, 1.165) is 6.42 Å². The normalized spacial score (nSPS) is 12.6. The summed E-state index contributed by atoms with van der Waals surface area (Å²) in [4.78, 5) is 4.27. The number of nitriles is 1. The van der Waals surface area contributed by atoms with E-state index in [9.17, 15) is 9.65 Å². The van der Waals surface area contributed by atoms with Crippen LogP contribution >= 0.6 is 0 Å². The number of nitrogens with one attached hydrogen (secondary N) is 1. The van der Waals surface area contributed by atoms with Crippen LogP contribution < -0.4 is 16.8 Å². The van der Waals surface area contributed by atoms with Gasteiger partial charge in [-0.25, -0.2) is 9.07 Å². The molecule has 1 atom stereocenters. The van der Waals surface area contributed by atoms with Crippen molar-refractivity contribution >= 4 is 11.8 Å². The van der Waals surface area contributed by atoms with Gasteiger partial charge in [0.25, 0.3) is 0 Å². The first kappa shape index (κ1) is 19.2. The Hall–Kier alpha value is -3.08. The van der Waals surface area contributed by atoms with E-state index in [-0.39, 0.29) is 17.7 Å². The molecule has 7 nitrogen and oxygen atoms in total. The summed E-state index contributed by atoms with van der Waals surface area (Å²) in [7, 11) is 0. The standard InChI is InChI=1S/C18H24FN7/c1-3-12(2)24-18(22)23-10-4-5-16-15(11-20)17(21)26(25-16)14-8-6-13(19)7-9-14/h6-9,12H,3-5,10,21H2,1-2H3,(H3,22,23,24). The van der Waals surface area contributed by atoms with E-state index in [4.69, 9.17) is 11.5 Å². The monoisotopic (exact) mass is 357 g/mol. The zero-order valence-corrected chi connectivity index (χ0v) is 15.0. The summed E-state index contributed by atoms with van der Waals surface area (Å²) in [5.41, 5.74) is 13.4. The van der Waals surface area contributed by atoms with Crippen molar-refractivity contribution < 1.29 is 4.39 Å². The lowest BCUT2D eigenvalue weighted by molar-refractivity contribution is 0.627. The molecule has 0 bridgehead atoms. The van der Waals surface area contributed by atoms with Crippen molar-refractivity contribution in [3.63, 3.8) is 0 Å². The van der Waals surface area contributed by atoms with Crippen LogP contribution in [0.15, 0.2) is 29.3 Å². The van der Waals surface area contributed by atoms with Crippen LogP contribution in [0.2, 0.25) is 0 Å². The second-order valence-electron chi connectivity index (χ2n) is 6.03. The molecule has 0 aliphatic rings. The molecule has 0 fully saturated rings. The number of nitrogens with two attached hydrogens (primary N) is 2. The first-order chi connectivity index (χ1) is 12.5. The summed E-state index contributed by atoms with van der Waals surface area (Å²) in [6, 6.07) is 8.14. The number of halogens is 1. The van der Waals surface area contributed by atoms with Crippen molar-refractivity contribution in [3.05, 3.63) is 41.3 Å². The molecule has 0 amide bonds. The summed E-state index contributed by atoms with van der Waals surface area (Å²) < 4.78 is 14.5. The fourth-order valence-electron chi connectivity index (χ4n) is 2.40. The third kappa shape index (κ3) is 4.72. The van der Waals surface area contributed by atoms with Gasteiger partial charge in [0, 0.05) is 12.6 Å². The lowest BCUT2D eigenvalue weighted by Gasteiger charge is -2.11. The Labute approximate surface area is 152 Å². The summed E-state index contributed by atoms with van der Waals surface area (Å²) in [5.74, 6) is 0.313. The van der Waals surface area contributed by atoms with Crippen LogP contribution in [0.4, 0.5) is 10.2 Å². The maximum atomic E-state index is 13.1. The number of anilines is 1. The van der Waals surface area contributed by atoms with E-state index in [2.05, 4.69) is 28.4 Å². The molecule has 0 aliphatic carbocycles. The van der Waals surface area contributed by atoms with Gasteiger partial charge in [-0.3, -0.25) is 4.99 Å². The molecule has 0 saturated heterocycles. The van der Waals surface area contributed by atoms with Gasteiger partial charge in [0.1, 0.15) is 23.3 Å². The Balaban J connectivity index is 2.06. The number of hydrogen-bond acceptors (Lipinski definition) is 4. The number of nitrogens with zero attached hydrogens (tertiary/aromatic N) is 4. The molecule has 0 radical (unpaired) electrons. The molecule has 2 aromatic rings. The van der Waals surface area contributed by atoms with E-state index in [1.54, 1.807) is 12.1 Å². The molecule has 1 aromatic carbocycles. The number of aryl methyl sites for hydroxylation is 1. The predicted molar refractivity (Wildman–Crippen MR) is 100 cm³/mol. The molecule has 0 saturated carbocycles. The minimum atomic E-state index is -0.346. The fraction of sp³-hybridized carbons (Fsp3) is 0.389. The quantitative estimate of drug-likeness (QED) is 0.398. The maximum Gasteiger partial charge on any atom is 0.188 e.